The Hall–Kier alpha value is -1.02. The Bertz CT molecular complexity index is 327. The summed E-state index contributed by atoms with van der Waals surface area (Å²) in [4.78, 5) is 2.17. The van der Waals surface area contributed by atoms with Crippen molar-refractivity contribution in [2.45, 2.75) is 18.3 Å². The lowest BCUT2D eigenvalue weighted by molar-refractivity contribution is 0.703. The van der Waals surface area contributed by atoms with E-state index in [-0.39, 0.29) is 0 Å². The lowest BCUT2D eigenvalue weighted by Gasteiger charge is -2.22. The van der Waals surface area contributed by atoms with E-state index in [0.29, 0.717) is 5.41 Å². The standard InChI is InChI=1S/C12H18N2/c1-14(2)11-6-4-3-5-10(11)12(9-13)7-8-12/h3-6H,7-9,13H2,1-2H3. The number of benzene rings is 1. The molecule has 14 heavy (non-hydrogen) atoms. The number of nitrogens with zero attached hydrogens (tertiary/aromatic N) is 1. The van der Waals surface area contributed by atoms with Crippen LogP contribution in [0.1, 0.15) is 18.4 Å². The molecule has 1 fully saturated rings. The molecule has 0 amide bonds. The molecule has 2 heteroatoms. The maximum Gasteiger partial charge on any atom is 0.0399 e. The van der Waals surface area contributed by atoms with Crippen LogP contribution in [-0.4, -0.2) is 20.6 Å². The van der Waals surface area contributed by atoms with E-state index in [1.54, 1.807) is 0 Å². The van der Waals surface area contributed by atoms with Crippen LogP contribution >= 0.6 is 0 Å². The second kappa shape index (κ2) is 3.28. The summed E-state index contributed by atoms with van der Waals surface area (Å²) in [5.74, 6) is 0. The zero-order chi connectivity index (χ0) is 10.2. The van der Waals surface area contributed by atoms with E-state index >= 15 is 0 Å². The molecule has 0 atom stereocenters. The van der Waals surface area contributed by atoms with Crippen LogP contribution in [0.5, 0.6) is 0 Å². The lowest BCUT2D eigenvalue weighted by atomic mass is 9.94. The number of anilines is 1. The van der Waals surface area contributed by atoms with Gasteiger partial charge in [0.1, 0.15) is 0 Å². The molecule has 0 spiro atoms. The highest BCUT2D eigenvalue weighted by atomic mass is 15.1. The molecule has 76 valence electrons. The van der Waals surface area contributed by atoms with E-state index in [4.69, 9.17) is 5.73 Å². The SMILES string of the molecule is CN(C)c1ccccc1C1(CN)CC1. The summed E-state index contributed by atoms with van der Waals surface area (Å²) in [5, 5.41) is 0. The van der Waals surface area contributed by atoms with Crippen LogP contribution in [0.3, 0.4) is 0 Å². The molecular formula is C12H18N2. The fourth-order valence-corrected chi connectivity index (χ4v) is 2.05. The summed E-state index contributed by atoms with van der Waals surface area (Å²) in [6, 6.07) is 8.59. The fraction of sp³-hybridized carbons (Fsp3) is 0.500. The van der Waals surface area contributed by atoms with Crippen molar-refractivity contribution >= 4 is 5.69 Å². The Morgan fingerprint density at radius 1 is 1.29 bits per heavy atom. The largest absolute Gasteiger partial charge is 0.377 e. The van der Waals surface area contributed by atoms with Gasteiger partial charge in [0.15, 0.2) is 0 Å². The molecule has 0 unspecified atom stereocenters. The third-order valence-corrected chi connectivity index (χ3v) is 3.20. The van der Waals surface area contributed by atoms with Crippen molar-refractivity contribution in [3.8, 4) is 0 Å². The Morgan fingerprint density at radius 3 is 2.43 bits per heavy atom. The molecule has 2 N–H and O–H groups in total. The number of hydrogen-bond acceptors (Lipinski definition) is 2. The number of nitrogens with two attached hydrogens (primary N) is 1. The molecule has 1 saturated carbocycles. The average Bonchev–Trinajstić information content (AvgIpc) is 2.98. The minimum absolute atomic E-state index is 0.293. The fourth-order valence-electron chi connectivity index (χ4n) is 2.05. The second-order valence-corrected chi connectivity index (χ2v) is 4.40. The minimum Gasteiger partial charge on any atom is -0.377 e. The van der Waals surface area contributed by atoms with Gasteiger partial charge in [0.05, 0.1) is 0 Å². The summed E-state index contributed by atoms with van der Waals surface area (Å²) >= 11 is 0. The molecule has 0 heterocycles. The summed E-state index contributed by atoms with van der Waals surface area (Å²) in [6.07, 6.45) is 2.49. The van der Waals surface area contributed by atoms with Crippen molar-refractivity contribution in [2.75, 3.05) is 25.5 Å². The third-order valence-electron chi connectivity index (χ3n) is 3.20. The number of hydrogen-bond donors (Lipinski definition) is 1. The van der Waals surface area contributed by atoms with Gasteiger partial charge in [-0.15, -0.1) is 0 Å². The van der Waals surface area contributed by atoms with E-state index in [1.165, 1.54) is 24.1 Å². The van der Waals surface area contributed by atoms with Gasteiger partial charge in [0.2, 0.25) is 0 Å². The molecule has 1 aromatic rings. The normalized spacial score (nSPS) is 17.9. The highest BCUT2D eigenvalue weighted by Crippen LogP contribution is 2.50. The topological polar surface area (TPSA) is 29.3 Å². The van der Waals surface area contributed by atoms with Gasteiger partial charge in [-0.25, -0.2) is 0 Å². The smallest absolute Gasteiger partial charge is 0.0399 e. The molecule has 0 aromatic heterocycles. The zero-order valence-electron chi connectivity index (χ0n) is 8.96. The lowest BCUT2D eigenvalue weighted by Crippen LogP contribution is -2.23. The van der Waals surface area contributed by atoms with Gasteiger partial charge in [-0.05, 0) is 24.5 Å². The average molecular weight is 190 g/mol. The Morgan fingerprint density at radius 2 is 1.93 bits per heavy atom. The molecule has 2 rings (SSSR count). The summed E-state index contributed by atoms with van der Waals surface area (Å²) in [7, 11) is 4.18. The number of rotatable bonds is 3. The van der Waals surface area contributed by atoms with Gasteiger partial charge in [-0.2, -0.15) is 0 Å². The van der Waals surface area contributed by atoms with Crippen LogP contribution in [0.25, 0.3) is 0 Å². The van der Waals surface area contributed by atoms with E-state index in [1.807, 2.05) is 0 Å². The van der Waals surface area contributed by atoms with Crippen molar-refractivity contribution in [1.82, 2.24) is 0 Å². The molecule has 0 radical (unpaired) electrons. The van der Waals surface area contributed by atoms with E-state index in [2.05, 4.69) is 43.3 Å². The van der Waals surface area contributed by atoms with Crippen LogP contribution in [-0.2, 0) is 5.41 Å². The van der Waals surface area contributed by atoms with Crippen LogP contribution in [0.4, 0.5) is 5.69 Å². The van der Waals surface area contributed by atoms with Crippen molar-refractivity contribution in [3.63, 3.8) is 0 Å². The quantitative estimate of drug-likeness (QED) is 0.786. The van der Waals surface area contributed by atoms with Crippen molar-refractivity contribution in [2.24, 2.45) is 5.73 Å². The number of para-hydroxylation sites is 1. The molecule has 1 aliphatic rings. The zero-order valence-corrected chi connectivity index (χ0v) is 8.96. The van der Waals surface area contributed by atoms with Crippen LogP contribution < -0.4 is 10.6 Å². The highest BCUT2D eigenvalue weighted by molar-refractivity contribution is 5.57. The molecule has 1 aromatic carbocycles. The first-order chi connectivity index (χ1) is 6.69. The summed E-state index contributed by atoms with van der Waals surface area (Å²) in [6.45, 7) is 0.776. The monoisotopic (exact) mass is 190 g/mol. The first-order valence-corrected chi connectivity index (χ1v) is 5.16. The van der Waals surface area contributed by atoms with Crippen molar-refractivity contribution in [1.29, 1.82) is 0 Å². The van der Waals surface area contributed by atoms with Gasteiger partial charge in [-0.1, -0.05) is 18.2 Å². The molecule has 0 bridgehead atoms. The predicted molar refractivity (Wildman–Crippen MR) is 60.7 cm³/mol. The molecule has 1 aliphatic carbocycles. The maximum absolute atomic E-state index is 5.85. The van der Waals surface area contributed by atoms with Crippen molar-refractivity contribution < 1.29 is 0 Å². The van der Waals surface area contributed by atoms with Gasteiger partial charge in [-0.3, -0.25) is 0 Å². The van der Waals surface area contributed by atoms with Gasteiger partial charge >= 0.3 is 0 Å². The summed E-state index contributed by atoms with van der Waals surface area (Å²) in [5.41, 5.74) is 8.88. The molecule has 0 aliphatic heterocycles. The minimum atomic E-state index is 0.293. The highest BCUT2D eigenvalue weighted by Gasteiger charge is 2.44. The Kier molecular flexibility index (Phi) is 2.23. The summed E-state index contributed by atoms with van der Waals surface area (Å²) < 4.78 is 0. The van der Waals surface area contributed by atoms with E-state index in [0.717, 1.165) is 6.54 Å². The van der Waals surface area contributed by atoms with E-state index < -0.39 is 0 Å². The van der Waals surface area contributed by atoms with Crippen LogP contribution in [0, 0.1) is 0 Å². The van der Waals surface area contributed by atoms with Gasteiger partial charge in [0.25, 0.3) is 0 Å². The van der Waals surface area contributed by atoms with Crippen molar-refractivity contribution in [3.05, 3.63) is 29.8 Å². The van der Waals surface area contributed by atoms with Gasteiger partial charge < -0.3 is 10.6 Å². The van der Waals surface area contributed by atoms with E-state index in [9.17, 15) is 0 Å². The third kappa shape index (κ3) is 1.40. The first kappa shape index (κ1) is 9.53. The molecular weight excluding hydrogens is 172 g/mol. The Balaban J connectivity index is 2.42. The molecule has 0 saturated heterocycles. The second-order valence-electron chi connectivity index (χ2n) is 4.40. The predicted octanol–water partition coefficient (Wildman–Crippen LogP) is 1.74. The maximum atomic E-state index is 5.85. The molecule has 2 nitrogen and oxygen atoms in total. The first-order valence-electron chi connectivity index (χ1n) is 5.16. The Labute approximate surface area is 85.7 Å². The van der Waals surface area contributed by atoms with Gasteiger partial charge in [0, 0.05) is 31.7 Å². The van der Waals surface area contributed by atoms with Crippen LogP contribution in [0.15, 0.2) is 24.3 Å². The van der Waals surface area contributed by atoms with Crippen LogP contribution in [0.2, 0.25) is 0 Å².